The van der Waals surface area contributed by atoms with Gasteiger partial charge in [-0.15, -0.1) is 0 Å². The van der Waals surface area contributed by atoms with Gasteiger partial charge in [0.1, 0.15) is 5.75 Å². The summed E-state index contributed by atoms with van der Waals surface area (Å²) in [5.74, 6) is 1.75. The Morgan fingerprint density at radius 3 is 2.39 bits per heavy atom. The van der Waals surface area contributed by atoms with Gasteiger partial charge in [-0.25, -0.2) is 0 Å². The van der Waals surface area contributed by atoms with Crippen molar-refractivity contribution in [3.63, 3.8) is 0 Å². The number of anilines is 1. The quantitative estimate of drug-likeness (QED) is 0.781. The first-order valence-corrected chi connectivity index (χ1v) is 8.47. The van der Waals surface area contributed by atoms with Crippen molar-refractivity contribution in [1.82, 2.24) is 10.2 Å². The summed E-state index contributed by atoms with van der Waals surface area (Å²) in [7, 11) is 1.68. The molecule has 1 fully saturated rings. The second-order valence-corrected chi connectivity index (χ2v) is 6.41. The molecule has 5 heteroatoms. The van der Waals surface area contributed by atoms with E-state index < -0.39 is 0 Å². The highest BCUT2D eigenvalue weighted by molar-refractivity contribution is 5.76. The minimum atomic E-state index is 0.260. The van der Waals surface area contributed by atoms with Gasteiger partial charge in [0.2, 0.25) is 5.91 Å². The van der Waals surface area contributed by atoms with Crippen LogP contribution in [-0.4, -0.2) is 57.2 Å². The molecular formula is C18H29N3O2. The van der Waals surface area contributed by atoms with Crippen LogP contribution < -0.4 is 15.0 Å². The van der Waals surface area contributed by atoms with Crippen molar-refractivity contribution in [2.45, 2.75) is 20.3 Å². The number of piperazine rings is 1. The van der Waals surface area contributed by atoms with E-state index in [1.807, 2.05) is 17.0 Å². The van der Waals surface area contributed by atoms with Crippen molar-refractivity contribution in [1.29, 1.82) is 0 Å². The third kappa shape index (κ3) is 5.43. The molecule has 1 amide bonds. The van der Waals surface area contributed by atoms with Gasteiger partial charge in [-0.3, -0.25) is 4.79 Å². The minimum Gasteiger partial charge on any atom is -0.497 e. The van der Waals surface area contributed by atoms with Crippen LogP contribution in [0.25, 0.3) is 0 Å². The van der Waals surface area contributed by atoms with Gasteiger partial charge in [0.25, 0.3) is 0 Å². The van der Waals surface area contributed by atoms with Crippen LogP contribution in [0.4, 0.5) is 5.69 Å². The van der Waals surface area contributed by atoms with E-state index in [-0.39, 0.29) is 5.91 Å². The number of methoxy groups -OCH3 is 1. The fourth-order valence-corrected chi connectivity index (χ4v) is 2.75. The molecule has 1 saturated heterocycles. The molecule has 0 aliphatic carbocycles. The molecule has 5 nitrogen and oxygen atoms in total. The van der Waals surface area contributed by atoms with Gasteiger partial charge in [-0.05, 0) is 36.7 Å². The fourth-order valence-electron chi connectivity index (χ4n) is 2.75. The summed E-state index contributed by atoms with van der Waals surface area (Å²) in [5, 5.41) is 3.33. The Morgan fingerprint density at radius 2 is 1.83 bits per heavy atom. The third-order valence-corrected chi connectivity index (χ3v) is 4.14. The summed E-state index contributed by atoms with van der Waals surface area (Å²) < 4.78 is 5.19. The average molecular weight is 319 g/mol. The van der Waals surface area contributed by atoms with Crippen LogP contribution in [0, 0.1) is 5.92 Å². The van der Waals surface area contributed by atoms with Crippen molar-refractivity contribution in [2.75, 3.05) is 51.3 Å². The molecule has 0 unspecified atom stereocenters. The lowest BCUT2D eigenvalue weighted by molar-refractivity contribution is -0.131. The number of carbonyl (C=O) groups excluding carboxylic acids is 1. The molecule has 1 aliphatic heterocycles. The highest BCUT2D eigenvalue weighted by atomic mass is 16.5. The van der Waals surface area contributed by atoms with Gasteiger partial charge in [-0.2, -0.15) is 0 Å². The van der Waals surface area contributed by atoms with E-state index in [2.05, 4.69) is 36.2 Å². The van der Waals surface area contributed by atoms with Crippen LogP contribution in [0.15, 0.2) is 24.3 Å². The second-order valence-electron chi connectivity index (χ2n) is 6.41. The number of hydrogen-bond acceptors (Lipinski definition) is 4. The number of benzene rings is 1. The van der Waals surface area contributed by atoms with Crippen LogP contribution in [0.2, 0.25) is 0 Å². The smallest absolute Gasteiger partial charge is 0.223 e. The molecule has 0 bridgehead atoms. The van der Waals surface area contributed by atoms with Gasteiger partial charge in [-0.1, -0.05) is 13.8 Å². The summed E-state index contributed by atoms with van der Waals surface area (Å²) in [6.45, 7) is 9.47. The Morgan fingerprint density at radius 1 is 1.17 bits per heavy atom. The average Bonchev–Trinajstić information content (AvgIpc) is 2.58. The molecule has 0 aromatic heterocycles. The zero-order chi connectivity index (χ0) is 16.7. The first kappa shape index (κ1) is 17.6. The number of nitrogens with one attached hydrogen (secondary N) is 1. The molecule has 0 spiro atoms. The molecule has 1 aromatic rings. The van der Waals surface area contributed by atoms with Gasteiger partial charge < -0.3 is 19.9 Å². The number of nitrogens with zero attached hydrogens (tertiary/aromatic N) is 2. The van der Waals surface area contributed by atoms with Gasteiger partial charge in [0, 0.05) is 44.8 Å². The Hall–Kier alpha value is -1.75. The normalized spacial score (nSPS) is 15.1. The summed E-state index contributed by atoms with van der Waals surface area (Å²) in [4.78, 5) is 16.5. The second kappa shape index (κ2) is 8.77. The molecule has 1 aliphatic rings. The van der Waals surface area contributed by atoms with Crippen LogP contribution in [0.3, 0.4) is 0 Å². The number of hydrogen-bond donors (Lipinski definition) is 1. The lowest BCUT2D eigenvalue weighted by Crippen LogP contribution is -2.49. The van der Waals surface area contributed by atoms with E-state index in [0.29, 0.717) is 12.3 Å². The maximum Gasteiger partial charge on any atom is 0.223 e. The summed E-state index contributed by atoms with van der Waals surface area (Å²) >= 11 is 0. The van der Waals surface area contributed by atoms with Crippen LogP contribution in [-0.2, 0) is 4.79 Å². The molecule has 0 saturated carbocycles. The number of ether oxygens (including phenoxy) is 1. The summed E-state index contributed by atoms with van der Waals surface area (Å²) in [5.41, 5.74) is 1.19. The van der Waals surface area contributed by atoms with E-state index in [1.165, 1.54) is 5.69 Å². The van der Waals surface area contributed by atoms with Gasteiger partial charge >= 0.3 is 0 Å². The SMILES string of the molecule is COc1ccc(N2CCN(C(=O)CCNCC(C)C)CC2)cc1. The van der Waals surface area contributed by atoms with Gasteiger partial charge in [0.05, 0.1) is 7.11 Å². The van der Waals surface area contributed by atoms with E-state index in [9.17, 15) is 4.79 Å². The third-order valence-electron chi connectivity index (χ3n) is 4.14. The highest BCUT2D eigenvalue weighted by Crippen LogP contribution is 2.20. The predicted octanol–water partition coefficient (Wildman–Crippen LogP) is 1.98. The van der Waals surface area contributed by atoms with Crippen molar-refractivity contribution in [3.05, 3.63) is 24.3 Å². The molecule has 1 N–H and O–H groups in total. The maximum atomic E-state index is 12.2. The molecule has 1 aromatic carbocycles. The minimum absolute atomic E-state index is 0.260. The largest absolute Gasteiger partial charge is 0.497 e. The Balaban J connectivity index is 1.73. The predicted molar refractivity (Wildman–Crippen MR) is 94.1 cm³/mol. The Bertz CT molecular complexity index is 480. The van der Waals surface area contributed by atoms with Crippen molar-refractivity contribution < 1.29 is 9.53 Å². The van der Waals surface area contributed by atoms with Crippen LogP contribution in [0.5, 0.6) is 5.75 Å². The summed E-state index contributed by atoms with van der Waals surface area (Å²) in [6, 6.07) is 8.11. The van der Waals surface area contributed by atoms with Gasteiger partial charge in [0.15, 0.2) is 0 Å². The molecular weight excluding hydrogens is 290 g/mol. The lowest BCUT2D eigenvalue weighted by Gasteiger charge is -2.36. The van der Waals surface area contributed by atoms with Crippen molar-refractivity contribution in [3.8, 4) is 5.75 Å². The first-order valence-electron chi connectivity index (χ1n) is 8.47. The summed E-state index contributed by atoms with van der Waals surface area (Å²) in [6.07, 6.45) is 0.593. The highest BCUT2D eigenvalue weighted by Gasteiger charge is 2.20. The topological polar surface area (TPSA) is 44.8 Å². The molecule has 128 valence electrons. The van der Waals surface area contributed by atoms with Crippen LogP contribution in [0.1, 0.15) is 20.3 Å². The number of rotatable bonds is 7. The first-order chi connectivity index (χ1) is 11.1. The standard InChI is InChI=1S/C18H29N3O2/c1-15(2)14-19-9-8-18(22)21-12-10-20(11-13-21)16-4-6-17(23-3)7-5-16/h4-7,15,19H,8-14H2,1-3H3. The molecule has 23 heavy (non-hydrogen) atoms. The zero-order valence-electron chi connectivity index (χ0n) is 14.5. The van der Waals surface area contributed by atoms with E-state index in [4.69, 9.17) is 4.74 Å². The monoisotopic (exact) mass is 319 g/mol. The maximum absolute atomic E-state index is 12.2. The Labute approximate surface area is 139 Å². The van der Waals surface area contributed by atoms with E-state index in [1.54, 1.807) is 7.11 Å². The zero-order valence-corrected chi connectivity index (χ0v) is 14.5. The molecule has 0 atom stereocenters. The molecule has 2 rings (SSSR count). The molecule has 1 heterocycles. The van der Waals surface area contributed by atoms with E-state index >= 15 is 0 Å². The number of amides is 1. The Kier molecular flexibility index (Phi) is 6.71. The number of carbonyl (C=O) groups is 1. The lowest BCUT2D eigenvalue weighted by atomic mass is 10.2. The van der Waals surface area contributed by atoms with Crippen LogP contribution >= 0.6 is 0 Å². The van der Waals surface area contributed by atoms with Crippen molar-refractivity contribution in [2.24, 2.45) is 5.92 Å². The van der Waals surface area contributed by atoms with E-state index in [0.717, 1.165) is 45.0 Å². The fraction of sp³-hybridized carbons (Fsp3) is 0.611. The van der Waals surface area contributed by atoms with Crippen molar-refractivity contribution >= 4 is 11.6 Å². The molecule has 0 radical (unpaired) electrons.